The fourth-order valence-electron chi connectivity index (χ4n) is 1.54. The van der Waals surface area contributed by atoms with Gasteiger partial charge >= 0.3 is 0 Å². The molecule has 0 heterocycles. The van der Waals surface area contributed by atoms with E-state index in [0.717, 1.165) is 4.90 Å². The number of carbonyl (C=O) groups excluding carboxylic acids is 1. The summed E-state index contributed by atoms with van der Waals surface area (Å²) in [6, 6.07) is 15.6. The van der Waals surface area contributed by atoms with Crippen LogP contribution in [-0.2, 0) is 0 Å². The van der Waals surface area contributed by atoms with E-state index in [0.29, 0.717) is 5.56 Å². The molecular formula is C15H14NaO2S. The standard InChI is InChI=1S/C15H14O2S.Na/c1-11-2-6-13(7-3-11)18-14-8-4-12(5-9-14)15(17)10-16;/h2-9,16H,10H2,1H3;. The molecule has 2 aromatic rings. The molecule has 1 radical (unpaired) electrons. The van der Waals surface area contributed by atoms with E-state index >= 15 is 0 Å². The summed E-state index contributed by atoms with van der Waals surface area (Å²) in [5.41, 5.74) is 1.79. The second-order valence-corrected chi connectivity index (χ2v) is 5.17. The minimum Gasteiger partial charge on any atom is -0.388 e. The first-order chi connectivity index (χ1) is 8.69. The van der Waals surface area contributed by atoms with Crippen LogP contribution < -0.4 is 0 Å². The van der Waals surface area contributed by atoms with Gasteiger partial charge in [-0.25, -0.2) is 0 Å². The van der Waals surface area contributed by atoms with Crippen molar-refractivity contribution in [3.8, 4) is 0 Å². The van der Waals surface area contributed by atoms with Crippen LogP contribution in [-0.4, -0.2) is 47.1 Å². The first-order valence-electron chi connectivity index (χ1n) is 5.67. The summed E-state index contributed by atoms with van der Waals surface area (Å²) in [4.78, 5) is 13.5. The molecule has 4 heteroatoms. The van der Waals surface area contributed by atoms with Gasteiger partial charge in [0.15, 0.2) is 5.78 Å². The molecule has 19 heavy (non-hydrogen) atoms. The Balaban J connectivity index is 0.00000180. The summed E-state index contributed by atoms with van der Waals surface area (Å²) in [7, 11) is 0. The fourth-order valence-corrected chi connectivity index (χ4v) is 2.36. The van der Waals surface area contributed by atoms with Gasteiger partial charge in [-0.15, -0.1) is 0 Å². The molecule has 0 atom stereocenters. The number of aliphatic hydroxyl groups excluding tert-OH is 1. The maximum absolute atomic E-state index is 11.3. The van der Waals surface area contributed by atoms with E-state index in [4.69, 9.17) is 5.11 Å². The van der Waals surface area contributed by atoms with Crippen molar-refractivity contribution >= 4 is 47.1 Å². The zero-order valence-electron chi connectivity index (χ0n) is 11.1. The molecule has 0 spiro atoms. The minimum absolute atomic E-state index is 0. The van der Waals surface area contributed by atoms with Gasteiger partial charge in [-0.2, -0.15) is 0 Å². The van der Waals surface area contributed by atoms with E-state index < -0.39 is 6.61 Å². The summed E-state index contributed by atoms with van der Waals surface area (Å²) in [5.74, 6) is -0.248. The molecule has 93 valence electrons. The van der Waals surface area contributed by atoms with Crippen molar-refractivity contribution < 1.29 is 9.90 Å². The number of Topliss-reactive ketones (excluding diaryl/α,β-unsaturated/α-hetero) is 1. The monoisotopic (exact) mass is 281 g/mol. The van der Waals surface area contributed by atoms with Gasteiger partial charge in [0.2, 0.25) is 0 Å². The van der Waals surface area contributed by atoms with E-state index in [1.54, 1.807) is 23.9 Å². The van der Waals surface area contributed by atoms with Crippen molar-refractivity contribution in [2.45, 2.75) is 16.7 Å². The topological polar surface area (TPSA) is 37.3 Å². The fraction of sp³-hybridized carbons (Fsp3) is 0.133. The van der Waals surface area contributed by atoms with Gasteiger partial charge in [0.05, 0.1) is 0 Å². The normalized spacial score (nSPS) is 9.79. The Labute approximate surface area is 139 Å². The van der Waals surface area contributed by atoms with Crippen LogP contribution >= 0.6 is 11.8 Å². The second-order valence-electron chi connectivity index (χ2n) is 4.02. The molecule has 0 saturated heterocycles. The summed E-state index contributed by atoms with van der Waals surface area (Å²) in [5, 5.41) is 8.76. The zero-order chi connectivity index (χ0) is 13.0. The summed E-state index contributed by atoms with van der Waals surface area (Å²) < 4.78 is 0. The SMILES string of the molecule is Cc1ccc(Sc2ccc(C(=O)CO)cc2)cc1.[Na]. The largest absolute Gasteiger partial charge is 0.388 e. The van der Waals surface area contributed by atoms with Gasteiger partial charge < -0.3 is 5.11 Å². The zero-order valence-corrected chi connectivity index (χ0v) is 13.9. The van der Waals surface area contributed by atoms with Crippen LogP contribution in [0.4, 0.5) is 0 Å². The molecule has 0 aromatic heterocycles. The first kappa shape index (κ1) is 16.5. The van der Waals surface area contributed by atoms with Crippen LogP contribution in [0.2, 0.25) is 0 Å². The average molecular weight is 281 g/mol. The van der Waals surface area contributed by atoms with Crippen molar-refractivity contribution in [3.05, 3.63) is 59.7 Å². The van der Waals surface area contributed by atoms with E-state index in [1.165, 1.54) is 10.5 Å². The predicted molar refractivity (Wildman–Crippen MR) is 78.9 cm³/mol. The molecule has 0 aliphatic carbocycles. The Bertz CT molecular complexity index is 535. The van der Waals surface area contributed by atoms with Crippen LogP contribution in [0.25, 0.3) is 0 Å². The number of hydrogen-bond donors (Lipinski definition) is 1. The Kier molecular flexibility index (Phi) is 6.83. The molecule has 0 aliphatic heterocycles. The maximum atomic E-state index is 11.3. The van der Waals surface area contributed by atoms with Gasteiger partial charge in [-0.1, -0.05) is 41.6 Å². The molecule has 0 saturated carbocycles. The van der Waals surface area contributed by atoms with Crippen molar-refractivity contribution in [2.24, 2.45) is 0 Å². The number of aliphatic hydroxyl groups is 1. The van der Waals surface area contributed by atoms with Crippen molar-refractivity contribution in [3.63, 3.8) is 0 Å². The number of aryl methyl sites for hydroxylation is 1. The van der Waals surface area contributed by atoms with Crippen LogP contribution in [0, 0.1) is 6.92 Å². The van der Waals surface area contributed by atoms with Crippen LogP contribution in [0.1, 0.15) is 15.9 Å². The number of carbonyl (C=O) groups is 1. The maximum Gasteiger partial charge on any atom is 0.188 e. The van der Waals surface area contributed by atoms with Gasteiger partial charge in [-0.3, -0.25) is 4.79 Å². The second kappa shape index (κ2) is 7.88. The average Bonchev–Trinajstić information content (AvgIpc) is 2.41. The summed E-state index contributed by atoms with van der Waals surface area (Å²) >= 11 is 1.65. The van der Waals surface area contributed by atoms with Gasteiger partial charge in [0, 0.05) is 44.9 Å². The van der Waals surface area contributed by atoms with Gasteiger partial charge in [0.25, 0.3) is 0 Å². The van der Waals surface area contributed by atoms with E-state index in [1.807, 2.05) is 12.1 Å². The molecule has 0 bridgehead atoms. The third kappa shape index (κ3) is 4.79. The molecule has 2 aromatic carbocycles. The van der Waals surface area contributed by atoms with Crippen LogP contribution in [0.3, 0.4) is 0 Å². The third-order valence-electron chi connectivity index (χ3n) is 2.58. The number of hydrogen-bond acceptors (Lipinski definition) is 3. The Morgan fingerprint density at radius 1 is 1.00 bits per heavy atom. The number of ketones is 1. The molecule has 0 amide bonds. The van der Waals surface area contributed by atoms with Crippen LogP contribution in [0.15, 0.2) is 58.3 Å². The van der Waals surface area contributed by atoms with Crippen molar-refractivity contribution in [2.75, 3.05) is 6.61 Å². The molecule has 0 fully saturated rings. The van der Waals surface area contributed by atoms with Gasteiger partial charge in [0.1, 0.15) is 6.61 Å². The first-order valence-corrected chi connectivity index (χ1v) is 6.49. The molecule has 2 rings (SSSR count). The molecule has 1 N–H and O–H groups in total. The molecular weight excluding hydrogens is 267 g/mol. The molecule has 0 unspecified atom stereocenters. The molecule has 2 nitrogen and oxygen atoms in total. The quantitative estimate of drug-likeness (QED) is 0.691. The summed E-state index contributed by atoms with van der Waals surface area (Å²) in [6.45, 7) is 1.62. The third-order valence-corrected chi connectivity index (χ3v) is 3.59. The van der Waals surface area contributed by atoms with E-state index in [9.17, 15) is 4.79 Å². The van der Waals surface area contributed by atoms with Crippen molar-refractivity contribution in [1.29, 1.82) is 0 Å². The Morgan fingerprint density at radius 3 is 1.95 bits per heavy atom. The Hall–Kier alpha value is -0.580. The minimum atomic E-state index is -0.440. The van der Waals surface area contributed by atoms with Crippen molar-refractivity contribution in [1.82, 2.24) is 0 Å². The van der Waals surface area contributed by atoms with E-state index in [-0.39, 0.29) is 35.3 Å². The van der Waals surface area contributed by atoms with Gasteiger partial charge in [-0.05, 0) is 31.2 Å². The summed E-state index contributed by atoms with van der Waals surface area (Å²) in [6.07, 6.45) is 0. The molecule has 0 aliphatic rings. The predicted octanol–water partition coefficient (Wildman–Crippen LogP) is 2.94. The number of rotatable bonds is 4. The Morgan fingerprint density at radius 2 is 1.47 bits per heavy atom. The van der Waals surface area contributed by atoms with Crippen LogP contribution in [0.5, 0.6) is 0 Å². The van der Waals surface area contributed by atoms with E-state index in [2.05, 4.69) is 31.2 Å². The number of benzene rings is 2. The smallest absolute Gasteiger partial charge is 0.188 e.